The Morgan fingerprint density at radius 2 is 1.72 bits per heavy atom. The lowest BCUT2D eigenvalue weighted by molar-refractivity contribution is 1.22. The fourth-order valence-electron chi connectivity index (χ4n) is 2.60. The zero-order chi connectivity index (χ0) is 17.1. The lowest BCUT2D eigenvalue weighted by Gasteiger charge is -2.11. The van der Waals surface area contributed by atoms with Gasteiger partial charge in [-0.3, -0.25) is 4.98 Å². The maximum atomic E-state index is 9.12. The second-order valence-corrected chi connectivity index (χ2v) is 5.47. The predicted octanol–water partition coefficient (Wildman–Crippen LogP) is 4.31. The first-order valence-corrected chi connectivity index (χ1v) is 7.78. The van der Waals surface area contributed by atoms with Gasteiger partial charge in [0, 0.05) is 29.0 Å². The molecule has 5 heteroatoms. The van der Waals surface area contributed by atoms with Crippen LogP contribution in [0.5, 0.6) is 0 Å². The molecular weight excluding hydrogens is 310 g/mol. The number of hydrogen-bond acceptors (Lipinski definition) is 5. The third kappa shape index (κ3) is 3.01. The second kappa shape index (κ2) is 6.38. The van der Waals surface area contributed by atoms with Gasteiger partial charge in [-0.1, -0.05) is 24.3 Å². The summed E-state index contributed by atoms with van der Waals surface area (Å²) in [5, 5.41) is 13.4. The quantitative estimate of drug-likeness (QED) is 0.608. The summed E-state index contributed by atoms with van der Waals surface area (Å²) in [6.45, 7) is 0. The Kier molecular flexibility index (Phi) is 3.77. The lowest BCUT2D eigenvalue weighted by Crippen LogP contribution is -1.99. The van der Waals surface area contributed by atoms with Gasteiger partial charge in [0.15, 0.2) is 5.82 Å². The average Bonchev–Trinajstić information content (AvgIpc) is 2.69. The van der Waals surface area contributed by atoms with Crippen molar-refractivity contribution in [1.82, 2.24) is 15.0 Å². The van der Waals surface area contributed by atoms with Crippen LogP contribution >= 0.6 is 0 Å². The highest BCUT2D eigenvalue weighted by molar-refractivity contribution is 5.92. The summed E-state index contributed by atoms with van der Waals surface area (Å²) in [4.78, 5) is 13.4. The fraction of sp³-hybridized carbons (Fsp3) is 0. The third-order valence-electron chi connectivity index (χ3n) is 3.80. The van der Waals surface area contributed by atoms with Crippen LogP contribution in [-0.4, -0.2) is 15.0 Å². The largest absolute Gasteiger partial charge is 0.340 e. The molecule has 2 aromatic heterocycles. The van der Waals surface area contributed by atoms with E-state index in [-0.39, 0.29) is 0 Å². The Bertz CT molecular complexity index is 1080. The van der Waals surface area contributed by atoms with E-state index in [1.807, 2.05) is 48.5 Å². The van der Waals surface area contributed by atoms with Gasteiger partial charge in [-0.25, -0.2) is 9.97 Å². The monoisotopic (exact) mass is 323 g/mol. The minimum absolute atomic E-state index is 0.576. The van der Waals surface area contributed by atoms with Crippen LogP contribution in [0.2, 0.25) is 0 Å². The molecule has 2 heterocycles. The maximum Gasteiger partial charge on any atom is 0.162 e. The minimum Gasteiger partial charge on any atom is -0.340 e. The SMILES string of the molecule is N#Cc1cccc(-c2nc(Nc3ccncc3)c3ccccc3n2)c1. The van der Waals surface area contributed by atoms with Gasteiger partial charge in [0.25, 0.3) is 0 Å². The molecule has 0 bridgehead atoms. The van der Waals surface area contributed by atoms with E-state index >= 15 is 0 Å². The number of hydrogen-bond donors (Lipinski definition) is 1. The van der Waals surface area contributed by atoms with Crippen molar-refractivity contribution >= 4 is 22.4 Å². The van der Waals surface area contributed by atoms with Crippen molar-refractivity contribution in [2.75, 3.05) is 5.32 Å². The van der Waals surface area contributed by atoms with Crippen molar-refractivity contribution in [3.05, 3.63) is 78.6 Å². The number of aromatic nitrogens is 3. The van der Waals surface area contributed by atoms with E-state index in [1.54, 1.807) is 24.5 Å². The number of pyridine rings is 1. The van der Waals surface area contributed by atoms with Gasteiger partial charge < -0.3 is 5.32 Å². The van der Waals surface area contributed by atoms with Crippen molar-refractivity contribution in [2.24, 2.45) is 0 Å². The number of rotatable bonds is 3. The van der Waals surface area contributed by atoms with E-state index in [0.29, 0.717) is 17.2 Å². The molecule has 0 spiro atoms. The van der Waals surface area contributed by atoms with Crippen molar-refractivity contribution in [1.29, 1.82) is 5.26 Å². The van der Waals surface area contributed by atoms with Gasteiger partial charge in [-0.2, -0.15) is 5.26 Å². The highest BCUT2D eigenvalue weighted by Crippen LogP contribution is 2.27. The van der Waals surface area contributed by atoms with Crippen LogP contribution in [0.25, 0.3) is 22.3 Å². The molecule has 0 radical (unpaired) electrons. The van der Waals surface area contributed by atoms with Crippen molar-refractivity contribution in [3.63, 3.8) is 0 Å². The summed E-state index contributed by atoms with van der Waals surface area (Å²) in [7, 11) is 0. The summed E-state index contributed by atoms with van der Waals surface area (Å²) in [6, 6.07) is 21.0. The molecule has 0 saturated heterocycles. The first-order valence-electron chi connectivity index (χ1n) is 7.78. The average molecular weight is 323 g/mol. The van der Waals surface area contributed by atoms with Gasteiger partial charge in [0.2, 0.25) is 0 Å². The molecule has 0 amide bonds. The summed E-state index contributed by atoms with van der Waals surface area (Å²) in [5.74, 6) is 1.29. The van der Waals surface area contributed by atoms with Gasteiger partial charge >= 0.3 is 0 Å². The third-order valence-corrected chi connectivity index (χ3v) is 3.80. The lowest BCUT2D eigenvalue weighted by atomic mass is 10.1. The molecule has 5 nitrogen and oxygen atoms in total. The van der Waals surface area contributed by atoms with E-state index < -0.39 is 0 Å². The van der Waals surface area contributed by atoms with Crippen molar-refractivity contribution < 1.29 is 0 Å². The summed E-state index contributed by atoms with van der Waals surface area (Å²) < 4.78 is 0. The Labute approximate surface area is 144 Å². The van der Waals surface area contributed by atoms with Crippen LogP contribution < -0.4 is 5.32 Å². The van der Waals surface area contributed by atoms with Crippen LogP contribution in [0.1, 0.15) is 5.56 Å². The molecule has 118 valence electrons. The Morgan fingerprint density at radius 1 is 0.880 bits per heavy atom. The molecular formula is C20H13N5. The molecule has 0 fully saturated rings. The first-order chi connectivity index (χ1) is 12.3. The van der Waals surface area contributed by atoms with Crippen LogP contribution in [0.4, 0.5) is 11.5 Å². The van der Waals surface area contributed by atoms with E-state index in [4.69, 9.17) is 5.26 Å². The number of nitriles is 1. The van der Waals surface area contributed by atoms with E-state index in [2.05, 4.69) is 26.3 Å². The molecule has 2 aromatic carbocycles. The number of anilines is 2. The Balaban J connectivity index is 1.87. The van der Waals surface area contributed by atoms with Gasteiger partial charge in [0.05, 0.1) is 17.1 Å². The van der Waals surface area contributed by atoms with Gasteiger partial charge in [-0.15, -0.1) is 0 Å². The zero-order valence-electron chi connectivity index (χ0n) is 13.2. The van der Waals surface area contributed by atoms with E-state index in [1.165, 1.54) is 0 Å². The van der Waals surface area contributed by atoms with Crippen LogP contribution in [0.15, 0.2) is 73.1 Å². The van der Waals surface area contributed by atoms with E-state index in [0.717, 1.165) is 22.2 Å². The Morgan fingerprint density at radius 3 is 2.56 bits per heavy atom. The van der Waals surface area contributed by atoms with Crippen molar-refractivity contribution in [2.45, 2.75) is 0 Å². The maximum absolute atomic E-state index is 9.12. The molecule has 4 rings (SSSR count). The minimum atomic E-state index is 0.576. The number of benzene rings is 2. The van der Waals surface area contributed by atoms with Crippen LogP contribution in [0.3, 0.4) is 0 Å². The summed E-state index contributed by atoms with van der Waals surface area (Å²) in [5.41, 5.74) is 3.13. The molecule has 0 unspecified atom stereocenters. The predicted molar refractivity (Wildman–Crippen MR) is 97.2 cm³/mol. The summed E-state index contributed by atoms with van der Waals surface area (Å²) in [6.07, 6.45) is 3.45. The topological polar surface area (TPSA) is 74.5 Å². The number of fused-ring (bicyclic) bond motifs is 1. The number of nitrogens with zero attached hydrogens (tertiary/aromatic N) is 4. The molecule has 0 aliphatic rings. The fourth-order valence-corrected chi connectivity index (χ4v) is 2.60. The molecule has 0 aliphatic carbocycles. The molecule has 0 saturated carbocycles. The van der Waals surface area contributed by atoms with Gasteiger partial charge in [0.1, 0.15) is 5.82 Å². The smallest absolute Gasteiger partial charge is 0.162 e. The zero-order valence-corrected chi connectivity index (χ0v) is 13.2. The van der Waals surface area contributed by atoms with Crippen molar-refractivity contribution in [3.8, 4) is 17.5 Å². The Hall–Kier alpha value is -3.78. The standard InChI is InChI=1S/C20H13N5/c21-13-14-4-3-5-15(12-14)19-24-18-7-2-1-6-17(18)20(25-19)23-16-8-10-22-11-9-16/h1-12H,(H,22,23,24,25). The van der Waals surface area contributed by atoms with Crippen LogP contribution in [0, 0.1) is 11.3 Å². The van der Waals surface area contributed by atoms with E-state index in [9.17, 15) is 0 Å². The molecule has 0 atom stereocenters. The number of para-hydroxylation sites is 1. The van der Waals surface area contributed by atoms with Gasteiger partial charge in [-0.05, 0) is 36.4 Å². The van der Waals surface area contributed by atoms with Crippen LogP contribution in [-0.2, 0) is 0 Å². The molecule has 0 aliphatic heterocycles. The molecule has 4 aromatic rings. The molecule has 1 N–H and O–H groups in total. The normalized spacial score (nSPS) is 10.4. The first kappa shape index (κ1) is 14.8. The highest BCUT2D eigenvalue weighted by atomic mass is 15.0. The highest BCUT2D eigenvalue weighted by Gasteiger charge is 2.10. The number of nitrogens with one attached hydrogen (secondary N) is 1. The summed E-state index contributed by atoms with van der Waals surface area (Å²) >= 11 is 0. The molecule has 25 heavy (non-hydrogen) atoms. The second-order valence-electron chi connectivity index (χ2n) is 5.47.